The van der Waals surface area contributed by atoms with Crippen LogP contribution in [-0.4, -0.2) is 56.5 Å². The van der Waals surface area contributed by atoms with Gasteiger partial charge in [0.2, 0.25) is 10.0 Å². The number of anilines is 1. The van der Waals surface area contributed by atoms with E-state index in [-0.39, 0.29) is 16.3 Å². The molecule has 0 radical (unpaired) electrons. The third-order valence-corrected chi connectivity index (χ3v) is 6.85. The number of nitrogens with one attached hydrogen (secondary N) is 1. The van der Waals surface area contributed by atoms with Crippen molar-refractivity contribution >= 4 is 21.6 Å². The molecule has 3 aromatic rings. The molecule has 0 unspecified atom stereocenters. The number of hydrogen-bond acceptors (Lipinski definition) is 6. The quantitative estimate of drug-likeness (QED) is 0.652. The van der Waals surface area contributed by atoms with E-state index < -0.39 is 21.7 Å². The van der Waals surface area contributed by atoms with Crippen molar-refractivity contribution in [2.45, 2.75) is 24.7 Å². The minimum absolute atomic E-state index is 0.0376. The number of amides is 1. The van der Waals surface area contributed by atoms with E-state index >= 15 is 0 Å². The van der Waals surface area contributed by atoms with Crippen molar-refractivity contribution in [3.63, 3.8) is 0 Å². The first-order chi connectivity index (χ1) is 14.3. The molecule has 1 aliphatic rings. The Morgan fingerprint density at radius 2 is 1.93 bits per heavy atom. The van der Waals surface area contributed by atoms with Crippen LogP contribution in [0, 0.1) is 12.7 Å². The Morgan fingerprint density at radius 3 is 2.60 bits per heavy atom. The Kier molecular flexibility index (Phi) is 5.12. The van der Waals surface area contributed by atoms with Crippen LogP contribution in [-0.2, 0) is 17.1 Å². The fraction of sp³-hybridized carbons (Fsp3) is 0.333. The molecule has 0 bridgehead atoms. The summed E-state index contributed by atoms with van der Waals surface area (Å²) in [5.74, 6) is -0.778. The van der Waals surface area contributed by atoms with E-state index in [2.05, 4.69) is 20.8 Å². The van der Waals surface area contributed by atoms with Crippen LogP contribution in [0.4, 0.5) is 10.1 Å². The summed E-state index contributed by atoms with van der Waals surface area (Å²) in [6.45, 7) is 2.62. The molecule has 1 N–H and O–H groups in total. The number of halogens is 1. The maximum absolute atomic E-state index is 14.3. The maximum Gasteiger partial charge on any atom is 0.272 e. The van der Waals surface area contributed by atoms with Crippen molar-refractivity contribution in [1.82, 2.24) is 29.1 Å². The van der Waals surface area contributed by atoms with Crippen LogP contribution in [0.25, 0.3) is 5.69 Å². The van der Waals surface area contributed by atoms with Crippen LogP contribution >= 0.6 is 0 Å². The largest absolute Gasteiger partial charge is 0.345 e. The Balaban J connectivity index is 1.61. The number of hydrogen-bond donors (Lipinski definition) is 1. The monoisotopic (exact) mass is 433 g/mol. The average molecular weight is 433 g/mol. The lowest BCUT2D eigenvalue weighted by Crippen LogP contribution is -2.27. The van der Waals surface area contributed by atoms with Gasteiger partial charge in [-0.1, -0.05) is 0 Å². The van der Waals surface area contributed by atoms with Crippen molar-refractivity contribution in [2.24, 2.45) is 7.05 Å². The Hall–Kier alpha value is -3.12. The zero-order chi connectivity index (χ0) is 21.5. The molecule has 2 aromatic heterocycles. The zero-order valence-electron chi connectivity index (χ0n) is 16.4. The smallest absolute Gasteiger partial charge is 0.272 e. The molecule has 0 spiro atoms. The predicted octanol–water partition coefficient (Wildman–Crippen LogP) is 1.49. The summed E-state index contributed by atoms with van der Waals surface area (Å²) in [7, 11) is -2.10. The second kappa shape index (κ2) is 7.61. The van der Waals surface area contributed by atoms with Crippen LogP contribution < -0.4 is 5.32 Å². The summed E-state index contributed by atoms with van der Waals surface area (Å²) in [5.41, 5.74) is 0.493. The normalized spacial score (nSPS) is 14.9. The highest BCUT2D eigenvalue weighted by atomic mass is 32.2. The molecular weight excluding hydrogens is 413 g/mol. The molecule has 3 heterocycles. The maximum atomic E-state index is 14.3. The molecule has 10 nitrogen and oxygen atoms in total. The highest BCUT2D eigenvalue weighted by molar-refractivity contribution is 7.89. The summed E-state index contributed by atoms with van der Waals surface area (Å²) < 4.78 is 44.0. The lowest BCUT2D eigenvalue weighted by Gasteiger charge is -2.13. The third kappa shape index (κ3) is 3.59. The predicted molar refractivity (Wildman–Crippen MR) is 105 cm³/mol. The molecule has 4 rings (SSSR count). The van der Waals surface area contributed by atoms with E-state index in [9.17, 15) is 17.6 Å². The first kappa shape index (κ1) is 20.2. The fourth-order valence-electron chi connectivity index (χ4n) is 3.38. The van der Waals surface area contributed by atoms with Gasteiger partial charge in [0.15, 0.2) is 5.82 Å². The highest BCUT2D eigenvalue weighted by Crippen LogP contribution is 2.24. The van der Waals surface area contributed by atoms with Crippen LogP contribution in [0.2, 0.25) is 0 Å². The van der Waals surface area contributed by atoms with Gasteiger partial charge in [0, 0.05) is 26.3 Å². The zero-order valence-corrected chi connectivity index (χ0v) is 17.2. The lowest BCUT2D eigenvalue weighted by atomic mass is 10.2. The van der Waals surface area contributed by atoms with Crippen LogP contribution in [0.5, 0.6) is 0 Å². The van der Waals surface area contributed by atoms with Gasteiger partial charge in [-0.05, 0) is 54.5 Å². The van der Waals surface area contributed by atoms with Crippen molar-refractivity contribution in [3.8, 4) is 5.69 Å². The molecule has 158 valence electrons. The van der Waals surface area contributed by atoms with E-state index in [1.54, 1.807) is 14.0 Å². The molecule has 0 saturated carbocycles. The van der Waals surface area contributed by atoms with Gasteiger partial charge in [0.05, 0.1) is 11.4 Å². The minimum Gasteiger partial charge on any atom is -0.345 e. The number of carbonyl (C=O) groups is 1. The van der Waals surface area contributed by atoms with Gasteiger partial charge < -0.3 is 9.88 Å². The van der Waals surface area contributed by atoms with Gasteiger partial charge in [-0.25, -0.2) is 12.8 Å². The van der Waals surface area contributed by atoms with Gasteiger partial charge in [0.1, 0.15) is 16.4 Å². The molecule has 1 amide bonds. The molecule has 0 aliphatic carbocycles. The van der Waals surface area contributed by atoms with Crippen LogP contribution in [0.3, 0.4) is 0 Å². The summed E-state index contributed by atoms with van der Waals surface area (Å²) in [6, 6.07) is 5.38. The van der Waals surface area contributed by atoms with E-state index in [0.717, 1.165) is 12.8 Å². The van der Waals surface area contributed by atoms with E-state index in [1.165, 1.54) is 44.0 Å². The molecule has 1 aromatic carbocycles. The van der Waals surface area contributed by atoms with E-state index in [4.69, 9.17) is 0 Å². The summed E-state index contributed by atoms with van der Waals surface area (Å²) >= 11 is 0. The Labute approximate surface area is 172 Å². The molecule has 1 fully saturated rings. The van der Waals surface area contributed by atoms with Crippen molar-refractivity contribution in [1.29, 1.82) is 0 Å². The second-order valence-corrected chi connectivity index (χ2v) is 8.98. The number of nitrogens with zero attached hydrogens (tertiary/aromatic N) is 6. The first-order valence-corrected chi connectivity index (χ1v) is 10.7. The fourth-order valence-corrected chi connectivity index (χ4v) is 4.96. The molecule has 1 aliphatic heterocycles. The first-order valence-electron chi connectivity index (χ1n) is 9.30. The number of aryl methyl sites for hydroxylation is 2. The molecule has 12 heteroatoms. The van der Waals surface area contributed by atoms with E-state index in [1.807, 2.05) is 0 Å². The third-order valence-electron chi connectivity index (χ3n) is 4.98. The summed E-state index contributed by atoms with van der Waals surface area (Å²) in [5, 5.41) is 13.6. The molecular formula is C18H20FN7O3S. The molecule has 30 heavy (non-hydrogen) atoms. The van der Waals surface area contributed by atoms with Crippen LogP contribution in [0.15, 0.2) is 35.4 Å². The average Bonchev–Trinajstić information content (AvgIpc) is 3.44. The minimum atomic E-state index is -3.66. The molecule has 0 atom stereocenters. The van der Waals surface area contributed by atoms with Gasteiger partial charge in [-0.2, -0.15) is 8.99 Å². The highest BCUT2D eigenvalue weighted by Gasteiger charge is 2.29. The van der Waals surface area contributed by atoms with Crippen molar-refractivity contribution in [2.75, 3.05) is 18.4 Å². The van der Waals surface area contributed by atoms with Gasteiger partial charge in [0.25, 0.3) is 5.91 Å². The summed E-state index contributed by atoms with van der Waals surface area (Å²) in [6.07, 6.45) is 3.02. The van der Waals surface area contributed by atoms with Gasteiger partial charge >= 0.3 is 0 Å². The Bertz CT molecular complexity index is 1210. The van der Waals surface area contributed by atoms with E-state index in [0.29, 0.717) is 24.6 Å². The number of tetrazole rings is 1. The SMILES string of the molecule is Cc1nnnn1-c1ccc(F)c(NC(=O)c2cc(S(=O)(=O)N3CCCC3)cn2C)c1. The second-order valence-electron chi connectivity index (χ2n) is 7.04. The number of benzene rings is 1. The topological polar surface area (TPSA) is 115 Å². The van der Waals surface area contributed by atoms with Crippen molar-refractivity contribution in [3.05, 3.63) is 47.8 Å². The van der Waals surface area contributed by atoms with Crippen LogP contribution in [0.1, 0.15) is 29.2 Å². The lowest BCUT2D eigenvalue weighted by molar-refractivity contribution is 0.101. The molecule has 1 saturated heterocycles. The summed E-state index contributed by atoms with van der Waals surface area (Å²) in [4.78, 5) is 12.8. The van der Waals surface area contributed by atoms with Gasteiger partial charge in [-0.3, -0.25) is 4.79 Å². The van der Waals surface area contributed by atoms with Crippen molar-refractivity contribution < 1.29 is 17.6 Å². The number of aromatic nitrogens is 5. The van der Waals surface area contributed by atoms with Gasteiger partial charge in [-0.15, -0.1) is 5.10 Å². The standard InChI is InChI=1S/C18H20FN7O3S/c1-12-21-22-23-26(12)13-5-6-15(19)16(9-13)20-18(27)17-10-14(11-24(17)2)30(28,29)25-7-3-4-8-25/h5-6,9-11H,3-4,7-8H2,1-2H3,(H,20,27). The number of rotatable bonds is 5. The number of sulfonamides is 1. The number of carbonyl (C=O) groups excluding carboxylic acids is 1. The Morgan fingerprint density at radius 1 is 1.20 bits per heavy atom.